The molecule has 1 aromatic carbocycles. The maximum Gasteiger partial charge on any atom is 0.260 e. The average Bonchev–Trinajstić information content (AvgIpc) is 2.75. The summed E-state index contributed by atoms with van der Waals surface area (Å²) in [6.45, 7) is 0.774. The lowest BCUT2D eigenvalue weighted by Crippen LogP contribution is -2.24. The van der Waals surface area contributed by atoms with Crippen LogP contribution >= 0.6 is 0 Å². The van der Waals surface area contributed by atoms with E-state index in [0.717, 1.165) is 11.3 Å². The maximum absolute atomic E-state index is 12.9. The Morgan fingerprint density at radius 1 is 1.00 bits per heavy atom. The molecule has 0 aliphatic carbocycles. The summed E-state index contributed by atoms with van der Waals surface area (Å²) in [4.78, 5) is 33.8. The van der Waals surface area contributed by atoms with E-state index in [9.17, 15) is 9.59 Å². The van der Waals surface area contributed by atoms with Crippen molar-refractivity contribution in [1.29, 1.82) is 0 Å². The Morgan fingerprint density at radius 2 is 1.82 bits per heavy atom. The molecule has 3 heterocycles. The first-order valence-electron chi connectivity index (χ1n) is 8.92. The predicted octanol–water partition coefficient (Wildman–Crippen LogP) is 2.77. The van der Waals surface area contributed by atoms with Crippen LogP contribution in [0.2, 0.25) is 0 Å². The number of hydrogen-bond donors (Lipinski definition) is 1. The highest BCUT2D eigenvalue weighted by Crippen LogP contribution is 2.10. The first-order chi connectivity index (χ1) is 13.7. The van der Waals surface area contributed by atoms with Gasteiger partial charge in [-0.25, -0.2) is 0 Å². The zero-order valence-electron chi connectivity index (χ0n) is 15.1. The monoisotopic (exact) mass is 370 g/mol. The highest BCUT2D eigenvalue weighted by Gasteiger charge is 2.11. The third-order valence-corrected chi connectivity index (χ3v) is 4.44. The summed E-state index contributed by atoms with van der Waals surface area (Å²) in [5, 5.41) is 3.22. The van der Waals surface area contributed by atoms with Crippen LogP contribution in [0.5, 0.6) is 0 Å². The quantitative estimate of drug-likeness (QED) is 0.586. The Labute approximate surface area is 161 Å². The van der Waals surface area contributed by atoms with Crippen molar-refractivity contribution in [3.8, 4) is 0 Å². The van der Waals surface area contributed by atoms with Gasteiger partial charge in [-0.15, -0.1) is 0 Å². The number of aromatic nitrogens is 3. The van der Waals surface area contributed by atoms with Gasteiger partial charge in [-0.3, -0.25) is 19.6 Å². The van der Waals surface area contributed by atoms with Crippen molar-refractivity contribution in [2.24, 2.45) is 0 Å². The molecule has 0 atom stereocenters. The number of carbonyl (C=O) groups is 1. The van der Waals surface area contributed by atoms with Crippen LogP contribution in [-0.4, -0.2) is 20.4 Å². The second-order valence-corrected chi connectivity index (χ2v) is 6.39. The van der Waals surface area contributed by atoms with E-state index in [1.807, 2.05) is 48.5 Å². The van der Waals surface area contributed by atoms with Crippen molar-refractivity contribution < 1.29 is 4.79 Å². The van der Waals surface area contributed by atoms with E-state index < -0.39 is 0 Å². The van der Waals surface area contributed by atoms with E-state index in [2.05, 4.69) is 15.3 Å². The number of rotatable bonds is 5. The largest absolute Gasteiger partial charge is 0.346 e. The van der Waals surface area contributed by atoms with E-state index in [4.69, 9.17) is 0 Å². The van der Waals surface area contributed by atoms with Gasteiger partial charge < -0.3 is 9.88 Å². The molecule has 6 nitrogen and oxygen atoms in total. The van der Waals surface area contributed by atoms with Gasteiger partial charge in [0.25, 0.3) is 11.5 Å². The molecule has 0 aliphatic rings. The van der Waals surface area contributed by atoms with Crippen LogP contribution in [0.15, 0.2) is 84.0 Å². The molecule has 4 aromatic rings. The molecule has 0 fully saturated rings. The summed E-state index contributed by atoms with van der Waals surface area (Å²) in [5.41, 5.74) is 2.53. The van der Waals surface area contributed by atoms with Crippen LogP contribution in [0.3, 0.4) is 0 Å². The molecule has 0 unspecified atom stereocenters. The number of pyridine rings is 3. The van der Waals surface area contributed by atoms with Crippen molar-refractivity contribution in [2.45, 2.75) is 13.1 Å². The molecule has 28 heavy (non-hydrogen) atoms. The minimum absolute atomic E-state index is 0.173. The van der Waals surface area contributed by atoms with Crippen LogP contribution in [-0.2, 0) is 13.1 Å². The normalized spacial score (nSPS) is 10.7. The summed E-state index contributed by atoms with van der Waals surface area (Å²) >= 11 is 0. The van der Waals surface area contributed by atoms with Gasteiger partial charge in [-0.05, 0) is 29.8 Å². The number of benzene rings is 1. The first-order valence-corrected chi connectivity index (χ1v) is 8.92. The first kappa shape index (κ1) is 17.6. The minimum Gasteiger partial charge on any atom is -0.346 e. The molecule has 0 bridgehead atoms. The third-order valence-electron chi connectivity index (χ3n) is 4.44. The average molecular weight is 370 g/mol. The fourth-order valence-corrected chi connectivity index (χ4v) is 2.97. The Hall–Kier alpha value is -3.80. The second-order valence-electron chi connectivity index (χ2n) is 6.39. The number of nitrogens with zero attached hydrogens (tertiary/aromatic N) is 3. The van der Waals surface area contributed by atoms with Crippen molar-refractivity contribution >= 4 is 16.8 Å². The molecule has 138 valence electrons. The molecule has 3 aromatic heterocycles. The van der Waals surface area contributed by atoms with Crippen LogP contribution < -0.4 is 10.9 Å². The molecule has 1 N–H and O–H groups in total. The molecule has 0 radical (unpaired) electrons. The van der Waals surface area contributed by atoms with Gasteiger partial charge in [0.05, 0.1) is 35.2 Å². The van der Waals surface area contributed by atoms with Crippen LogP contribution in [0.25, 0.3) is 10.9 Å². The second kappa shape index (κ2) is 7.84. The molecule has 0 saturated carbocycles. The number of nitrogens with one attached hydrogen (secondary N) is 1. The van der Waals surface area contributed by atoms with Gasteiger partial charge in [0.15, 0.2) is 0 Å². The Balaban J connectivity index is 1.59. The van der Waals surface area contributed by atoms with Gasteiger partial charge in [-0.1, -0.05) is 36.4 Å². The summed E-state index contributed by atoms with van der Waals surface area (Å²) < 4.78 is 1.62. The lowest BCUT2D eigenvalue weighted by Gasteiger charge is -2.09. The van der Waals surface area contributed by atoms with Gasteiger partial charge in [-0.2, -0.15) is 0 Å². The Kier molecular flexibility index (Phi) is 4.93. The number of carbonyl (C=O) groups excluding carboxylic acids is 1. The zero-order valence-corrected chi connectivity index (χ0v) is 15.1. The molecular weight excluding hydrogens is 352 g/mol. The summed E-state index contributed by atoms with van der Waals surface area (Å²) in [5.74, 6) is -0.294. The lowest BCUT2D eigenvalue weighted by molar-refractivity contribution is 0.0950. The molecule has 6 heteroatoms. The topological polar surface area (TPSA) is 76.9 Å². The van der Waals surface area contributed by atoms with Crippen molar-refractivity contribution in [1.82, 2.24) is 19.9 Å². The minimum atomic E-state index is -0.294. The smallest absolute Gasteiger partial charge is 0.260 e. The molecule has 0 aliphatic heterocycles. The molecule has 0 spiro atoms. The van der Waals surface area contributed by atoms with Crippen LogP contribution in [0, 0.1) is 0 Å². The zero-order chi connectivity index (χ0) is 19.3. The molecular formula is C22H18N4O2. The van der Waals surface area contributed by atoms with Crippen molar-refractivity contribution in [3.05, 3.63) is 106 Å². The van der Waals surface area contributed by atoms with Crippen LogP contribution in [0.1, 0.15) is 21.6 Å². The van der Waals surface area contributed by atoms with Crippen molar-refractivity contribution in [3.63, 3.8) is 0 Å². The maximum atomic E-state index is 12.9. The van der Waals surface area contributed by atoms with E-state index in [1.165, 1.54) is 6.20 Å². The summed E-state index contributed by atoms with van der Waals surface area (Å²) in [6, 6.07) is 18.6. The molecule has 0 saturated heterocycles. The molecule has 4 rings (SSSR count). The third kappa shape index (κ3) is 3.81. The Morgan fingerprint density at radius 3 is 2.61 bits per heavy atom. The van der Waals surface area contributed by atoms with Crippen molar-refractivity contribution in [2.75, 3.05) is 0 Å². The van der Waals surface area contributed by atoms with E-state index in [-0.39, 0.29) is 11.5 Å². The fourth-order valence-electron chi connectivity index (χ4n) is 2.97. The predicted molar refractivity (Wildman–Crippen MR) is 107 cm³/mol. The standard InChI is InChI=1S/C22H18N4O2/c27-21(25-14-18-8-4-5-10-23-18)17-12-19-20(24-13-17)9-11-26(22(19)28)15-16-6-2-1-3-7-16/h1-13H,14-15H2,(H,25,27). The van der Waals surface area contributed by atoms with Gasteiger partial charge in [0, 0.05) is 18.6 Å². The van der Waals surface area contributed by atoms with E-state index in [1.54, 1.807) is 29.1 Å². The van der Waals surface area contributed by atoms with E-state index in [0.29, 0.717) is 29.6 Å². The molecule has 1 amide bonds. The lowest BCUT2D eigenvalue weighted by atomic mass is 10.1. The van der Waals surface area contributed by atoms with Gasteiger partial charge >= 0.3 is 0 Å². The highest BCUT2D eigenvalue weighted by atomic mass is 16.1. The summed E-state index contributed by atoms with van der Waals surface area (Å²) in [6.07, 6.45) is 4.89. The van der Waals surface area contributed by atoms with Gasteiger partial charge in [0.2, 0.25) is 0 Å². The number of fused-ring (bicyclic) bond motifs is 1. The van der Waals surface area contributed by atoms with E-state index >= 15 is 0 Å². The number of hydrogen-bond acceptors (Lipinski definition) is 4. The van der Waals surface area contributed by atoms with Gasteiger partial charge in [0.1, 0.15) is 0 Å². The fraction of sp³-hybridized carbons (Fsp3) is 0.0909. The number of amides is 1. The highest BCUT2D eigenvalue weighted by molar-refractivity contribution is 5.97. The Bertz CT molecular complexity index is 1170. The van der Waals surface area contributed by atoms with Crippen LogP contribution in [0.4, 0.5) is 0 Å². The SMILES string of the molecule is O=C(NCc1ccccn1)c1cnc2ccn(Cc3ccccc3)c(=O)c2c1. The summed E-state index contributed by atoms with van der Waals surface area (Å²) in [7, 11) is 0.